The van der Waals surface area contributed by atoms with E-state index in [4.69, 9.17) is 5.73 Å². The lowest BCUT2D eigenvalue weighted by molar-refractivity contribution is -0.125. The van der Waals surface area contributed by atoms with Crippen LogP contribution in [0.15, 0.2) is 17.8 Å². The lowest BCUT2D eigenvalue weighted by Gasteiger charge is -2.33. The Morgan fingerprint density at radius 3 is 3.26 bits per heavy atom. The second kappa shape index (κ2) is 7.23. The van der Waals surface area contributed by atoms with Crippen molar-refractivity contribution in [1.29, 1.82) is 0 Å². The van der Waals surface area contributed by atoms with E-state index in [1.807, 2.05) is 12.3 Å². The Labute approximate surface area is 140 Å². The number of carbonyl (C=O) groups excluding carboxylic acids is 1. The maximum Gasteiger partial charge on any atom is 0.224 e. The largest absolute Gasteiger partial charge is 0.356 e. The molecule has 1 saturated heterocycles. The number of carbonyl (C=O) groups is 1. The first kappa shape index (κ1) is 16.1. The van der Waals surface area contributed by atoms with E-state index >= 15 is 0 Å². The van der Waals surface area contributed by atoms with E-state index in [1.165, 1.54) is 0 Å². The van der Waals surface area contributed by atoms with Crippen molar-refractivity contribution >= 4 is 33.3 Å². The van der Waals surface area contributed by atoms with Crippen LogP contribution in [-0.4, -0.2) is 41.6 Å². The molecule has 0 aromatic carbocycles. The number of rotatable bonds is 5. The van der Waals surface area contributed by atoms with E-state index in [0.29, 0.717) is 13.1 Å². The van der Waals surface area contributed by atoms with E-state index in [0.717, 1.165) is 41.8 Å². The van der Waals surface area contributed by atoms with Gasteiger partial charge in [-0.3, -0.25) is 4.79 Å². The molecule has 0 bridgehead atoms. The minimum absolute atomic E-state index is 0.0143. The maximum atomic E-state index is 12.4. The zero-order valence-corrected chi connectivity index (χ0v) is 14.2. The predicted molar refractivity (Wildman–Crippen MR) is 93.6 cm³/mol. The van der Waals surface area contributed by atoms with Crippen LogP contribution in [0.1, 0.15) is 26.2 Å². The molecule has 3 N–H and O–H groups in total. The third kappa shape index (κ3) is 3.79. The molecule has 3 heterocycles. The third-order valence-electron chi connectivity index (χ3n) is 4.23. The summed E-state index contributed by atoms with van der Waals surface area (Å²) in [6.45, 7) is 4.25. The van der Waals surface area contributed by atoms with Crippen LogP contribution in [0.4, 0.5) is 5.82 Å². The molecule has 23 heavy (non-hydrogen) atoms. The molecule has 0 spiro atoms. The van der Waals surface area contributed by atoms with Gasteiger partial charge in [-0.25, -0.2) is 9.97 Å². The topological polar surface area (TPSA) is 84.1 Å². The number of thiophene rings is 1. The van der Waals surface area contributed by atoms with E-state index in [-0.39, 0.29) is 17.9 Å². The minimum Gasteiger partial charge on any atom is -0.356 e. The second-order valence-corrected chi connectivity index (χ2v) is 7.07. The van der Waals surface area contributed by atoms with Gasteiger partial charge in [0.2, 0.25) is 5.91 Å². The van der Waals surface area contributed by atoms with Gasteiger partial charge in [-0.05, 0) is 37.6 Å². The third-order valence-corrected chi connectivity index (χ3v) is 5.05. The first-order valence-corrected chi connectivity index (χ1v) is 8.99. The molecule has 0 aliphatic carbocycles. The fourth-order valence-corrected chi connectivity index (χ4v) is 3.71. The summed E-state index contributed by atoms with van der Waals surface area (Å²) in [7, 11) is 0. The highest BCUT2D eigenvalue weighted by Gasteiger charge is 2.27. The summed E-state index contributed by atoms with van der Waals surface area (Å²) in [5.74, 6) is 1.09. The number of nitrogens with one attached hydrogen (secondary N) is 1. The van der Waals surface area contributed by atoms with Crippen LogP contribution in [0, 0.1) is 5.92 Å². The van der Waals surface area contributed by atoms with Gasteiger partial charge in [-0.2, -0.15) is 0 Å². The summed E-state index contributed by atoms with van der Waals surface area (Å²) in [4.78, 5) is 24.3. The van der Waals surface area contributed by atoms with Gasteiger partial charge in [0.05, 0.1) is 11.3 Å². The Morgan fingerprint density at radius 1 is 1.57 bits per heavy atom. The molecule has 2 aromatic rings. The van der Waals surface area contributed by atoms with Crippen LogP contribution < -0.4 is 16.0 Å². The molecule has 7 heteroatoms. The van der Waals surface area contributed by atoms with Gasteiger partial charge < -0.3 is 16.0 Å². The number of anilines is 1. The molecular weight excluding hydrogens is 310 g/mol. The summed E-state index contributed by atoms with van der Waals surface area (Å²) in [6, 6.07) is 2.17. The normalized spacial score (nSPS) is 19.7. The highest BCUT2D eigenvalue weighted by Crippen LogP contribution is 2.29. The lowest BCUT2D eigenvalue weighted by Crippen LogP contribution is -2.44. The molecule has 6 nitrogen and oxygen atoms in total. The van der Waals surface area contributed by atoms with Crippen LogP contribution >= 0.6 is 11.3 Å². The Kier molecular flexibility index (Phi) is 5.07. The number of fused-ring (bicyclic) bond motifs is 1. The molecule has 0 saturated carbocycles. The quantitative estimate of drug-likeness (QED) is 0.871. The molecule has 1 aliphatic heterocycles. The zero-order chi connectivity index (χ0) is 16.2. The van der Waals surface area contributed by atoms with Crippen molar-refractivity contribution in [2.24, 2.45) is 11.7 Å². The number of nitrogens with two attached hydrogens (primary N) is 1. The monoisotopic (exact) mass is 333 g/mol. The Bertz CT molecular complexity index is 671. The summed E-state index contributed by atoms with van der Waals surface area (Å²) in [5.41, 5.74) is 5.73. The standard InChI is InChI=1S/C16H23N5OS/c1-11(17)4-6-18-15(22)12-3-2-7-21(9-12)14-13-5-8-23-16(13)20-10-19-14/h5,8,10-12H,2-4,6-7,9,17H2,1H3,(H,18,22). The fraction of sp³-hybridized carbons (Fsp3) is 0.562. The smallest absolute Gasteiger partial charge is 0.224 e. The first-order valence-electron chi connectivity index (χ1n) is 8.11. The summed E-state index contributed by atoms with van der Waals surface area (Å²) in [6.07, 6.45) is 4.35. The highest BCUT2D eigenvalue weighted by atomic mass is 32.1. The Balaban J connectivity index is 1.66. The molecule has 3 rings (SSSR count). The van der Waals surface area contributed by atoms with Gasteiger partial charge in [-0.1, -0.05) is 0 Å². The molecule has 1 aliphatic rings. The molecular formula is C16H23N5OS. The van der Waals surface area contributed by atoms with Gasteiger partial charge in [0.1, 0.15) is 17.0 Å². The SMILES string of the molecule is CC(N)CCNC(=O)C1CCCN(c2ncnc3sccc23)C1. The summed E-state index contributed by atoms with van der Waals surface area (Å²) in [5, 5.41) is 6.12. The fourth-order valence-electron chi connectivity index (χ4n) is 2.98. The van der Waals surface area contributed by atoms with E-state index in [1.54, 1.807) is 17.7 Å². The van der Waals surface area contributed by atoms with E-state index in [9.17, 15) is 4.79 Å². The van der Waals surface area contributed by atoms with Crippen molar-refractivity contribution < 1.29 is 4.79 Å². The van der Waals surface area contributed by atoms with Crippen LogP contribution in [0.3, 0.4) is 0 Å². The number of aromatic nitrogens is 2. The molecule has 1 fully saturated rings. The van der Waals surface area contributed by atoms with Crippen molar-refractivity contribution in [3.05, 3.63) is 17.8 Å². The van der Waals surface area contributed by atoms with Crippen molar-refractivity contribution in [1.82, 2.24) is 15.3 Å². The van der Waals surface area contributed by atoms with Crippen LogP contribution in [0.2, 0.25) is 0 Å². The Hall–Kier alpha value is -1.73. The van der Waals surface area contributed by atoms with Gasteiger partial charge >= 0.3 is 0 Å². The number of hydrogen-bond donors (Lipinski definition) is 2. The van der Waals surface area contributed by atoms with Crippen molar-refractivity contribution in [2.45, 2.75) is 32.2 Å². The number of piperidine rings is 1. The van der Waals surface area contributed by atoms with Crippen LogP contribution in [0.25, 0.3) is 10.2 Å². The van der Waals surface area contributed by atoms with Crippen LogP contribution in [-0.2, 0) is 4.79 Å². The molecule has 1 amide bonds. The van der Waals surface area contributed by atoms with Gasteiger partial charge in [0.25, 0.3) is 0 Å². The highest BCUT2D eigenvalue weighted by molar-refractivity contribution is 7.16. The summed E-state index contributed by atoms with van der Waals surface area (Å²) < 4.78 is 0. The predicted octanol–water partition coefficient (Wildman–Crippen LogP) is 1.76. The van der Waals surface area contributed by atoms with Crippen molar-refractivity contribution in [3.63, 3.8) is 0 Å². The van der Waals surface area contributed by atoms with Crippen molar-refractivity contribution in [3.8, 4) is 0 Å². The average molecular weight is 333 g/mol. The average Bonchev–Trinajstić information content (AvgIpc) is 3.03. The number of nitrogens with zero attached hydrogens (tertiary/aromatic N) is 3. The van der Waals surface area contributed by atoms with E-state index < -0.39 is 0 Å². The number of hydrogen-bond acceptors (Lipinski definition) is 6. The molecule has 2 aromatic heterocycles. The van der Waals surface area contributed by atoms with Gasteiger partial charge in [-0.15, -0.1) is 11.3 Å². The van der Waals surface area contributed by atoms with E-state index in [2.05, 4.69) is 26.3 Å². The Morgan fingerprint density at radius 2 is 2.43 bits per heavy atom. The maximum absolute atomic E-state index is 12.4. The minimum atomic E-state index is 0.0143. The molecule has 124 valence electrons. The lowest BCUT2D eigenvalue weighted by atomic mass is 9.97. The second-order valence-electron chi connectivity index (χ2n) is 6.18. The molecule has 0 radical (unpaired) electrons. The molecule has 2 atom stereocenters. The van der Waals surface area contributed by atoms with Crippen molar-refractivity contribution in [2.75, 3.05) is 24.5 Å². The first-order chi connectivity index (χ1) is 11.1. The zero-order valence-electron chi connectivity index (χ0n) is 13.4. The number of amides is 1. The summed E-state index contributed by atoms with van der Waals surface area (Å²) >= 11 is 1.62. The van der Waals surface area contributed by atoms with Gasteiger partial charge in [0.15, 0.2) is 0 Å². The van der Waals surface area contributed by atoms with Crippen LogP contribution in [0.5, 0.6) is 0 Å². The van der Waals surface area contributed by atoms with Gasteiger partial charge in [0, 0.05) is 25.7 Å². The molecule has 2 unspecified atom stereocenters.